The van der Waals surface area contributed by atoms with E-state index in [1.165, 1.54) is 0 Å². The van der Waals surface area contributed by atoms with Gasteiger partial charge in [0.25, 0.3) is 5.91 Å². The molecule has 26 heavy (non-hydrogen) atoms. The van der Waals surface area contributed by atoms with Gasteiger partial charge in [0, 0.05) is 32.6 Å². The molecule has 0 aromatic carbocycles. The van der Waals surface area contributed by atoms with Gasteiger partial charge in [0.05, 0.1) is 18.8 Å². The standard InChI is InChI=1S/C19H24N4O3/c1-22(2)17-9-5-7-14(20-17)16-12-23(10-11-25-16)19(24)18-13-6-3-4-8-15(13)26-21-18/h5,7,9,16H,3-4,6,8,10-12H2,1-2H3/t16-/m0/s1. The molecule has 0 saturated carbocycles. The Hall–Kier alpha value is -2.41. The van der Waals surface area contributed by atoms with Crippen LogP contribution in [0.15, 0.2) is 22.7 Å². The largest absolute Gasteiger partial charge is 0.368 e. The Kier molecular flexibility index (Phi) is 4.63. The summed E-state index contributed by atoms with van der Waals surface area (Å²) >= 11 is 0. The molecule has 138 valence electrons. The summed E-state index contributed by atoms with van der Waals surface area (Å²) in [6, 6.07) is 5.87. The summed E-state index contributed by atoms with van der Waals surface area (Å²) in [6.07, 6.45) is 3.71. The summed E-state index contributed by atoms with van der Waals surface area (Å²) in [5, 5.41) is 4.08. The van der Waals surface area contributed by atoms with Crippen LogP contribution in [0.3, 0.4) is 0 Å². The summed E-state index contributed by atoms with van der Waals surface area (Å²) in [6.45, 7) is 1.53. The van der Waals surface area contributed by atoms with Crippen molar-refractivity contribution < 1.29 is 14.1 Å². The first-order chi connectivity index (χ1) is 12.6. The highest BCUT2D eigenvalue weighted by atomic mass is 16.5. The number of carbonyl (C=O) groups excluding carboxylic acids is 1. The highest BCUT2D eigenvalue weighted by molar-refractivity contribution is 5.94. The number of ether oxygens (including phenoxy) is 1. The second-order valence-corrected chi connectivity index (χ2v) is 7.07. The maximum atomic E-state index is 13.0. The van der Waals surface area contributed by atoms with E-state index in [0.29, 0.717) is 25.4 Å². The molecule has 0 bridgehead atoms. The van der Waals surface area contributed by atoms with Gasteiger partial charge in [0.1, 0.15) is 17.7 Å². The fourth-order valence-corrected chi connectivity index (χ4v) is 3.58. The van der Waals surface area contributed by atoms with Crippen molar-refractivity contribution in [2.24, 2.45) is 0 Å². The quantitative estimate of drug-likeness (QED) is 0.840. The maximum Gasteiger partial charge on any atom is 0.276 e. The van der Waals surface area contributed by atoms with Crippen molar-refractivity contribution in [3.63, 3.8) is 0 Å². The van der Waals surface area contributed by atoms with Crippen LogP contribution in [0, 0.1) is 0 Å². The molecule has 1 aliphatic carbocycles. The first-order valence-corrected chi connectivity index (χ1v) is 9.16. The Labute approximate surface area is 152 Å². The molecule has 1 fully saturated rings. The predicted octanol–water partition coefficient (Wildman–Crippen LogP) is 2.23. The van der Waals surface area contributed by atoms with Crippen LogP contribution in [0.2, 0.25) is 0 Å². The molecule has 1 saturated heterocycles. The van der Waals surface area contributed by atoms with Crippen molar-refractivity contribution in [1.82, 2.24) is 15.0 Å². The van der Waals surface area contributed by atoms with Gasteiger partial charge in [-0.25, -0.2) is 4.98 Å². The molecule has 0 unspecified atom stereocenters. The van der Waals surface area contributed by atoms with E-state index in [1.807, 2.05) is 42.1 Å². The molecule has 7 nitrogen and oxygen atoms in total. The van der Waals surface area contributed by atoms with Gasteiger partial charge < -0.3 is 19.1 Å². The van der Waals surface area contributed by atoms with Crippen LogP contribution in [0.4, 0.5) is 5.82 Å². The Bertz CT molecular complexity index is 802. The Morgan fingerprint density at radius 2 is 2.12 bits per heavy atom. The number of pyridine rings is 1. The molecule has 0 radical (unpaired) electrons. The number of aryl methyl sites for hydroxylation is 1. The van der Waals surface area contributed by atoms with Crippen LogP contribution < -0.4 is 4.90 Å². The van der Waals surface area contributed by atoms with Gasteiger partial charge in [-0.15, -0.1) is 0 Å². The zero-order valence-electron chi connectivity index (χ0n) is 15.3. The summed E-state index contributed by atoms with van der Waals surface area (Å²) in [5.41, 5.74) is 2.32. The number of fused-ring (bicyclic) bond motifs is 1. The molecule has 0 N–H and O–H groups in total. The predicted molar refractivity (Wildman–Crippen MR) is 96.3 cm³/mol. The average molecular weight is 356 g/mol. The van der Waals surface area contributed by atoms with Crippen molar-refractivity contribution in [3.05, 3.63) is 40.9 Å². The minimum Gasteiger partial charge on any atom is -0.368 e. The lowest BCUT2D eigenvalue weighted by Gasteiger charge is -2.32. The molecule has 1 aliphatic heterocycles. The maximum absolute atomic E-state index is 13.0. The summed E-state index contributed by atoms with van der Waals surface area (Å²) < 4.78 is 11.3. The third-order valence-electron chi connectivity index (χ3n) is 5.05. The third kappa shape index (κ3) is 3.19. The van der Waals surface area contributed by atoms with Crippen molar-refractivity contribution in [3.8, 4) is 0 Å². The summed E-state index contributed by atoms with van der Waals surface area (Å²) in [7, 11) is 3.91. The molecule has 2 aromatic heterocycles. The van der Waals surface area contributed by atoms with Crippen LogP contribution in [0.25, 0.3) is 0 Å². The molecule has 0 spiro atoms. The van der Waals surface area contributed by atoms with E-state index >= 15 is 0 Å². The monoisotopic (exact) mass is 356 g/mol. The van der Waals surface area contributed by atoms with Gasteiger partial charge in [0.2, 0.25) is 0 Å². The van der Waals surface area contributed by atoms with Gasteiger partial charge >= 0.3 is 0 Å². The molecule has 2 aliphatic rings. The first-order valence-electron chi connectivity index (χ1n) is 9.16. The second kappa shape index (κ2) is 7.07. The molecule has 2 aromatic rings. The lowest BCUT2D eigenvalue weighted by molar-refractivity contribution is -0.0250. The Balaban J connectivity index is 1.52. The first kappa shape index (κ1) is 17.0. The minimum absolute atomic E-state index is 0.0611. The lowest BCUT2D eigenvalue weighted by atomic mass is 9.96. The van der Waals surface area contributed by atoms with Gasteiger partial charge in [0.15, 0.2) is 5.69 Å². The molecule has 7 heteroatoms. The molecular formula is C19H24N4O3. The topological polar surface area (TPSA) is 71.7 Å². The van der Waals surface area contributed by atoms with Crippen LogP contribution in [0.5, 0.6) is 0 Å². The average Bonchev–Trinajstić information content (AvgIpc) is 3.12. The smallest absolute Gasteiger partial charge is 0.276 e. The SMILES string of the molecule is CN(C)c1cccc([C@@H]2CN(C(=O)c3noc4c3CCCC4)CCO2)n1. The zero-order valence-corrected chi connectivity index (χ0v) is 15.3. The highest BCUT2D eigenvalue weighted by Crippen LogP contribution is 2.27. The van der Waals surface area contributed by atoms with E-state index in [9.17, 15) is 4.79 Å². The third-order valence-corrected chi connectivity index (χ3v) is 5.05. The van der Waals surface area contributed by atoms with E-state index < -0.39 is 0 Å². The van der Waals surface area contributed by atoms with Crippen LogP contribution in [0.1, 0.15) is 46.5 Å². The molecule has 1 atom stereocenters. The number of hydrogen-bond acceptors (Lipinski definition) is 6. The van der Waals surface area contributed by atoms with Crippen molar-refractivity contribution in [2.75, 3.05) is 38.7 Å². The molecule has 4 rings (SSSR count). The van der Waals surface area contributed by atoms with E-state index in [0.717, 1.165) is 48.5 Å². The molecule has 3 heterocycles. The summed E-state index contributed by atoms with van der Waals surface area (Å²) in [5.74, 6) is 1.69. The zero-order chi connectivity index (χ0) is 18.1. The van der Waals surface area contributed by atoms with Crippen LogP contribution in [-0.2, 0) is 17.6 Å². The normalized spacial score (nSPS) is 19.9. The van der Waals surface area contributed by atoms with Crippen molar-refractivity contribution in [2.45, 2.75) is 31.8 Å². The Morgan fingerprint density at radius 1 is 1.27 bits per heavy atom. The van der Waals surface area contributed by atoms with Gasteiger partial charge in [-0.1, -0.05) is 11.2 Å². The fourth-order valence-electron chi connectivity index (χ4n) is 3.58. The number of carbonyl (C=O) groups is 1. The Morgan fingerprint density at radius 3 is 2.96 bits per heavy atom. The number of nitrogens with zero attached hydrogens (tertiary/aromatic N) is 4. The summed E-state index contributed by atoms with van der Waals surface area (Å²) in [4.78, 5) is 21.4. The highest BCUT2D eigenvalue weighted by Gasteiger charge is 2.31. The van der Waals surface area contributed by atoms with E-state index in [1.54, 1.807) is 0 Å². The fraction of sp³-hybridized carbons (Fsp3) is 0.526. The van der Waals surface area contributed by atoms with E-state index in [-0.39, 0.29) is 12.0 Å². The van der Waals surface area contributed by atoms with Crippen LogP contribution in [-0.4, -0.2) is 54.7 Å². The number of amides is 1. The molecule has 1 amide bonds. The van der Waals surface area contributed by atoms with Gasteiger partial charge in [-0.05, 0) is 31.4 Å². The second-order valence-electron chi connectivity index (χ2n) is 7.07. The van der Waals surface area contributed by atoms with E-state index in [4.69, 9.17) is 9.26 Å². The van der Waals surface area contributed by atoms with Gasteiger partial charge in [-0.2, -0.15) is 0 Å². The number of rotatable bonds is 3. The number of anilines is 1. The molecular weight excluding hydrogens is 332 g/mol. The van der Waals surface area contributed by atoms with E-state index in [2.05, 4.69) is 10.1 Å². The van der Waals surface area contributed by atoms with Crippen molar-refractivity contribution in [1.29, 1.82) is 0 Å². The number of aromatic nitrogens is 2. The minimum atomic E-state index is -0.227. The van der Waals surface area contributed by atoms with Crippen LogP contribution >= 0.6 is 0 Å². The van der Waals surface area contributed by atoms with Gasteiger partial charge in [-0.3, -0.25) is 4.79 Å². The number of hydrogen-bond donors (Lipinski definition) is 0. The number of morpholine rings is 1. The lowest BCUT2D eigenvalue weighted by Crippen LogP contribution is -2.43. The van der Waals surface area contributed by atoms with Crippen molar-refractivity contribution >= 4 is 11.7 Å².